The van der Waals surface area contributed by atoms with Gasteiger partial charge in [0, 0.05) is 16.1 Å². The van der Waals surface area contributed by atoms with Gasteiger partial charge in [0.1, 0.15) is 15.2 Å². The molecule has 0 nitrogen and oxygen atoms in total. The molecule has 0 saturated carbocycles. The zero-order valence-electron chi connectivity index (χ0n) is 11.6. The third-order valence-electron chi connectivity index (χ3n) is 3.39. The fourth-order valence-electron chi connectivity index (χ4n) is 2.43. The topological polar surface area (TPSA) is 0 Å². The van der Waals surface area contributed by atoms with Gasteiger partial charge in [-0.25, -0.2) is 0 Å². The Hall–Kier alpha value is 3.26. The molecule has 4 saturated heterocycles. The summed E-state index contributed by atoms with van der Waals surface area (Å²) in [5.74, 6) is 0. The van der Waals surface area contributed by atoms with Crippen LogP contribution in [0.15, 0.2) is 0 Å². The van der Waals surface area contributed by atoms with Crippen LogP contribution in [0.25, 0.3) is 0 Å². The third kappa shape index (κ3) is 4.95. The van der Waals surface area contributed by atoms with Crippen LogP contribution in [0.5, 0.6) is 0 Å². The molecular weight excluding hydrogens is 478 g/mol. The first kappa shape index (κ1) is 20.0. The van der Waals surface area contributed by atoms with Crippen molar-refractivity contribution >= 4 is 117 Å². The highest BCUT2D eigenvalue weighted by Crippen LogP contribution is 2.78. The minimum Gasteiger partial charge on any atom is -0.123 e. The average Bonchev–Trinajstić information content (AvgIpc) is 2.35. The molecule has 4 aliphatic heterocycles. The molecule has 22 heavy (non-hydrogen) atoms. The van der Waals surface area contributed by atoms with E-state index < -0.39 is 0 Å². The molecule has 0 aromatic carbocycles. The summed E-state index contributed by atoms with van der Waals surface area (Å²) in [5.41, 5.74) is 0. The maximum atomic E-state index is 6.84. The Kier molecular flexibility index (Phi) is 7.74. The molecule has 0 spiro atoms. The van der Waals surface area contributed by atoms with E-state index in [1.165, 1.54) is 0 Å². The van der Waals surface area contributed by atoms with Gasteiger partial charge in [-0.2, -0.15) is 0 Å². The molecule has 4 bridgehead atoms. The van der Waals surface area contributed by atoms with Crippen molar-refractivity contribution in [3.05, 3.63) is 0 Å². The van der Waals surface area contributed by atoms with E-state index in [0.29, 0.717) is 11.7 Å². The van der Waals surface area contributed by atoms with E-state index in [4.69, 9.17) is 46.4 Å². The van der Waals surface area contributed by atoms with E-state index in [1.807, 2.05) is 42.2 Å². The van der Waals surface area contributed by atoms with Crippen LogP contribution in [0.4, 0.5) is 0 Å². The molecule has 10 heteroatoms. The second kappa shape index (κ2) is 8.52. The van der Waals surface area contributed by atoms with Crippen LogP contribution in [-0.2, 0) is 0 Å². The van der Waals surface area contributed by atoms with Crippen LogP contribution in [-0.4, -0.2) is 36.7 Å². The Labute approximate surface area is 178 Å². The molecule has 0 N–H and O–H groups in total. The van der Waals surface area contributed by atoms with Gasteiger partial charge in [0.05, 0.1) is 5.38 Å². The lowest BCUT2D eigenvalue weighted by molar-refractivity contribution is 0.615. The van der Waals surface area contributed by atoms with E-state index in [0.717, 1.165) is 19.3 Å². The highest BCUT2D eigenvalue weighted by atomic mass is 35.5. The maximum Gasteiger partial charge on any atom is 0.128 e. The largest absolute Gasteiger partial charge is 0.128 e. The van der Waals surface area contributed by atoms with Gasteiger partial charge in [0.2, 0.25) is 0 Å². The fraction of sp³-hybridized carbons (Fsp3) is 1.00. The first-order valence-electron chi connectivity index (χ1n) is 6.92. The smallest absolute Gasteiger partial charge is 0.123 e. The predicted octanol–water partition coefficient (Wildman–Crippen LogP) is 7.55. The van der Waals surface area contributed by atoms with Gasteiger partial charge >= 0.3 is 0 Å². The lowest BCUT2D eigenvalue weighted by atomic mass is 10.1. The van der Waals surface area contributed by atoms with Crippen molar-refractivity contribution in [1.29, 1.82) is 0 Å². The van der Waals surface area contributed by atoms with Gasteiger partial charge in [0.15, 0.2) is 0 Å². The Morgan fingerprint density at radius 2 is 1.23 bits per heavy atom. The number of rotatable bonds is 7. The summed E-state index contributed by atoms with van der Waals surface area (Å²) in [6.07, 6.45) is 2.37. The molecule has 0 aromatic heterocycles. The third-order valence-corrected chi connectivity index (χ3v) is 16.4. The van der Waals surface area contributed by atoms with Crippen molar-refractivity contribution in [2.75, 3.05) is 0 Å². The van der Waals surface area contributed by atoms with Crippen molar-refractivity contribution < 1.29 is 0 Å². The lowest BCUT2D eigenvalue weighted by Gasteiger charge is -2.54. The molecule has 4 fully saturated rings. The first-order valence-corrected chi connectivity index (χ1v) is 14.1. The summed E-state index contributed by atoms with van der Waals surface area (Å²) in [5, 5.41) is 0.213. The van der Waals surface area contributed by atoms with Gasteiger partial charge in [0.25, 0.3) is 0 Å². The van der Waals surface area contributed by atoms with E-state index in [-0.39, 0.29) is 24.9 Å². The minimum atomic E-state index is 0.0168. The maximum absolute atomic E-state index is 6.84. The van der Waals surface area contributed by atoms with Gasteiger partial charge < -0.3 is 0 Å². The van der Waals surface area contributed by atoms with Crippen LogP contribution >= 0.6 is 117 Å². The van der Waals surface area contributed by atoms with E-state index in [9.17, 15) is 0 Å². The van der Waals surface area contributed by atoms with Gasteiger partial charge in [-0.15, -0.1) is 117 Å². The quantitative estimate of drug-likeness (QED) is 0.333. The van der Waals surface area contributed by atoms with Crippen LogP contribution < -0.4 is 0 Å². The number of thioether (sulfide) groups is 6. The van der Waals surface area contributed by atoms with Crippen LogP contribution in [0.1, 0.15) is 26.2 Å². The van der Waals surface area contributed by atoms with E-state index in [1.54, 1.807) is 0 Å². The van der Waals surface area contributed by atoms with Gasteiger partial charge in [-0.1, -0.05) is 0 Å². The molecule has 0 aromatic rings. The first-order chi connectivity index (χ1) is 10.4. The zero-order chi connectivity index (χ0) is 15.9. The lowest BCUT2D eigenvalue weighted by Crippen LogP contribution is -2.43. The summed E-state index contributed by atoms with van der Waals surface area (Å²) >= 11 is 38.0. The molecule has 4 heterocycles. The summed E-state index contributed by atoms with van der Waals surface area (Å²) in [7, 11) is 0. The van der Waals surface area contributed by atoms with Gasteiger partial charge in [-0.05, 0) is 26.2 Å². The number of hydrogen-bond donors (Lipinski definition) is 0. The van der Waals surface area contributed by atoms with E-state index >= 15 is 0 Å². The molecule has 4 unspecified atom stereocenters. The number of halogens is 4. The Morgan fingerprint density at radius 1 is 0.773 bits per heavy atom. The zero-order valence-corrected chi connectivity index (χ0v) is 19.5. The minimum absolute atomic E-state index is 0.0168. The number of hydrogen-bond acceptors (Lipinski definition) is 6. The van der Waals surface area contributed by atoms with Crippen molar-refractivity contribution in [3.8, 4) is 0 Å². The molecule has 4 aliphatic rings. The Bertz CT molecular complexity index is 363. The van der Waals surface area contributed by atoms with Crippen molar-refractivity contribution in [2.45, 2.75) is 62.8 Å². The SMILES string of the molecule is CC(Cl)CC(Cl)CC(Cl)CC(Cl)C12SC3SC(SC(S3)S1)S2. The van der Waals surface area contributed by atoms with Crippen LogP contribution in [0.3, 0.4) is 0 Å². The average molecular weight is 494 g/mol. The molecule has 4 atom stereocenters. The summed E-state index contributed by atoms with van der Waals surface area (Å²) in [4.78, 5) is 0. The van der Waals surface area contributed by atoms with Crippen molar-refractivity contribution in [2.24, 2.45) is 0 Å². The number of alkyl halides is 4. The van der Waals surface area contributed by atoms with Crippen molar-refractivity contribution in [1.82, 2.24) is 0 Å². The van der Waals surface area contributed by atoms with Crippen LogP contribution in [0, 0.1) is 0 Å². The summed E-state index contributed by atoms with van der Waals surface area (Å²) in [6.45, 7) is 1.97. The molecular formula is C12H16Cl4S6. The normalized spacial score (nSPS) is 42.1. The molecule has 0 amide bonds. The Morgan fingerprint density at radius 3 is 1.68 bits per heavy atom. The monoisotopic (exact) mass is 492 g/mol. The van der Waals surface area contributed by atoms with Gasteiger partial charge in [-0.3, -0.25) is 0 Å². The highest BCUT2D eigenvalue weighted by Gasteiger charge is 2.58. The highest BCUT2D eigenvalue weighted by molar-refractivity contribution is 8.63. The predicted molar refractivity (Wildman–Crippen MR) is 118 cm³/mol. The fourth-order valence-corrected chi connectivity index (χ4v) is 22.5. The van der Waals surface area contributed by atoms with Crippen molar-refractivity contribution in [3.63, 3.8) is 0 Å². The molecule has 0 aliphatic carbocycles. The standard InChI is InChI=1S/C12H16Cl4S6/c1-5(13)2-6(14)3-7(15)4-8(16)12-20-9-17-10(21-12)19-11(18-9)22-12/h5-11H,2-4H2,1H3. The summed E-state index contributed by atoms with van der Waals surface area (Å²) < 4.78 is 1.96. The van der Waals surface area contributed by atoms with E-state index in [2.05, 4.69) is 35.3 Å². The Balaban J connectivity index is 1.54. The molecule has 128 valence electrons. The summed E-state index contributed by atoms with van der Waals surface area (Å²) in [6, 6.07) is 0. The molecule has 0 radical (unpaired) electrons. The van der Waals surface area contributed by atoms with Crippen LogP contribution in [0.2, 0.25) is 0 Å². The molecule has 4 rings (SSSR count). The second-order valence-electron chi connectivity index (χ2n) is 5.38. The second-order valence-corrected chi connectivity index (χ2v) is 19.0.